The number of hydrogen-bond donors (Lipinski definition) is 2. The van der Waals surface area contributed by atoms with Crippen molar-refractivity contribution in [1.29, 1.82) is 0 Å². The summed E-state index contributed by atoms with van der Waals surface area (Å²) in [6, 6.07) is 0.520. The van der Waals surface area contributed by atoms with Crippen molar-refractivity contribution in [2.24, 2.45) is 0 Å². The van der Waals surface area contributed by atoms with Crippen molar-refractivity contribution < 1.29 is 0 Å². The Morgan fingerprint density at radius 1 is 1.29 bits per heavy atom. The lowest BCUT2D eigenvalue weighted by Gasteiger charge is -2.09. The van der Waals surface area contributed by atoms with E-state index >= 15 is 0 Å². The van der Waals surface area contributed by atoms with E-state index in [1.54, 1.807) is 17.7 Å². The maximum absolute atomic E-state index is 4.30. The minimum Gasteiger partial charge on any atom is -0.368 e. The first-order valence-corrected chi connectivity index (χ1v) is 6.72. The monoisotopic (exact) mass is 250 g/mol. The number of anilines is 1. The summed E-state index contributed by atoms with van der Waals surface area (Å²) in [5.41, 5.74) is 2.28. The minimum absolute atomic E-state index is 0.520. The molecular formula is C12H18N4S. The zero-order chi connectivity index (χ0) is 12.3. The SMILES string of the molecule is Cc1csc2c(NCCNC(C)C)ncnc12. The Morgan fingerprint density at radius 3 is 2.88 bits per heavy atom. The Balaban J connectivity index is 2.03. The molecule has 2 aromatic rings. The number of hydrogen-bond acceptors (Lipinski definition) is 5. The number of aryl methyl sites for hydroxylation is 1. The summed E-state index contributed by atoms with van der Waals surface area (Å²) in [6.07, 6.45) is 1.63. The summed E-state index contributed by atoms with van der Waals surface area (Å²) in [6.45, 7) is 8.18. The Bertz CT molecular complexity index is 492. The lowest BCUT2D eigenvalue weighted by atomic mass is 10.3. The summed E-state index contributed by atoms with van der Waals surface area (Å²) in [5.74, 6) is 0.943. The first-order chi connectivity index (χ1) is 8.18. The van der Waals surface area contributed by atoms with Crippen LogP contribution in [0.15, 0.2) is 11.7 Å². The van der Waals surface area contributed by atoms with Gasteiger partial charge >= 0.3 is 0 Å². The van der Waals surface area contributed by atoms with Crippen LogP contribution in [-0.2, 0) is 0 Å². The van der Waals surface area contributed by atoms with E-state index in [4.69, 9.17) is 0 Å². The molecule has 2 rings (SSSR count). The molecule has 17 heavy (non-hydrogen) atoms. The van der Waals surface area contributed by atoms with Crippen LogP contribution in [0.2, 0.25) is 0 Å². The molecule has 0 unspecified atom stereocenters. The van der Waals surface area contributed by atoms with Gasteiger partial charge in [0.05, 0.1) is 10.2 Å². The quantitative estimate of drug-likeness (QED) is 0.800. The van der Waals surface area contributed by atoms with Crippen LogP contribution in [0.1, 0.15) is 19.4 Å². The van der Waals surface area contributed by atoms with E-state index in [2.05, 4.69) is 46.8 Å². The molecule has 92 valence electrons. The molecule has 0 aliphatic carbocycles. The highest BCUT2D eigenvalue weighted by molar-refractivity contribution is 7.18. The van der Waals surface area contributed by atoms with Crippen LogP contribution < -0.4 is 10.6 Å². The van der Waals surface area contributed by atoms with Crippen molar-refractivity contribution in [3.05, 3.63) is 17.3 Å². The second-order valence-corrected chi connectivity index (χ2v) is 5.23. The molecule has 0 saturated carbocycles. The van der Waals surface area contributed by atoms with Crippen LogP contribution in [0.25, 0.3) is 10.2 Å². The molecule has 2 N–H and O–H groups in total. The third-order valence-electron chi connectivity index (χ3n) is 2.50. The molecular weight excluding hydrogens is 232 g/mol. The van der Waals surface area contributed by atoms with Crippen LogP contribution in [0.4, 0.5) is 5.82 Å². The van der Waals surface area contributed by atoms with Gasteiger partial charge in [0.1, 0.15) is 12.1 Å². The minimum atomic E-state index is 0.520. The lowest BCUT2D eigenvalue weighted by molar-refractivity contribution is 0.602. The molecule has 4 nitrogen and oxygen atoms in total. The Hall–Kier alpha value is -1.20. The Labute approximate surface area is 105 Å². The van der Waals surface area contributed by atoms with Gasteiger partial charge < -0.3 is 10.6 Å². The van der Waals surface area contributed by atoms with Gasteiger partial charge in [-0.25, -0.2) is 9.97 Å². The summed E-state index contributed by atoms with van der Waals surface area (Å²) in [7, 11) is 0. The smallest absolute Gasteiger partial charge is 0.147 e. The molecule has 2 aromatic heterocycles. The van der Waals surface area contributed by atoms with Gasteiger partial charge in [-0.15, -0.1) is 11.3 Å². The van der Waals surface area contributed by atoms with Gasteiger partial charge in [-0.3, -0.25) is 0 Å². The molecule has 0 spiro atoms. The van der Waals surface area contributed by atoms with Gasteiger partial charge in [0.2, 0.25) is 0 Å². The van der Waals surface area contributed by atoms with E-state index < -0.39 is 0 Å². The van der Waals surface area contributed by atoms with Crippen LogP contribution in [-0.4, -0.2) is 29.1 Å². The molecule has 2 heterocycles. The summed E-state index contributed by atoms with van der Waals surface area (Å²) >= 11 is 1.70. The fourth-order valence-electron chi connectivity index (χ4n) is 1.64. The van der Waals surface area contributed by atoms with Gasteiger partial charge in [0.15, 0.2) is 0 Å². The Morgan fingerprint density at radius 2 is 2.12 bits per heavy atom. The summed E-state index contributed by atoms with van der Waals surface area (Å²) in [4.78, 5) is 8.60. The van der Waals surface area contributed by atoms with E-state index in [0.717, 1.165) is 29.1 Å². The molecule has 0 aliphatic rings. The average Bonchev–Trinajstić information content (AvgIpc) is 2.67. The third kappa shape index (κ3) is 2.92. The molecule has 0 bridgehead atoms. The number of aromatic nitrogens is 2. The predicted molar refractivity (Wildman–Crippen MR) is 73.8 cm³/mol. The van der Waals surface area contributed by atoms with Crippen LogP contribution >= 0.6 is 11.3 Å². The topological polar surface area (TPSA) is 49.8 Å². The highest BCUT2D eigenvalue weighted by Gasteiger charge is 2.07. The zero-order valence-corrected chi connectivity index (χ0v) is 11.3. The molecule has 0 aromatic carbocycles. The molecule has 0 fully saturated rings. The van der Waals surface area contributed by atoms with Crippen LogP contribution in [0.5, 0.6) is 0 Å². The third-order valence-corrected chi connectivity index (χ3v) is 3.59. The van der Waals surface area contributed by atoms with Crippen molar-refractivity contribution in [3.8, 4) is 0 Å². The van der Waals surface area contributed by atoms with Gasteiger partial charge in [-0.1, -0.05) is 13.8 Å². The van der Waals surface area contributed by atoms with E-state index in [-0.39, 0.29) is 0 Å². The summed E-state index contributed by atoms with van der Waals surface area (Å²) in [5, 5.41) is 8.84. The van der Waals surface area contributed by atoms with Gasteiger partial charge in [-0.05, 0) is 17.9 Å². The number of thiophene rings is 1. The first-order valence-electron chi connectivity index (χ1n) is 5.84. The maximum Gasteiger partial charge on any atom is 0.147 e. The maximum atomic E-state index is 4.30. The molecule has 0 saturated heterocycles. The van der Waals surface area contributed by atoms with Crippen molar-refractivity contribution in [2.45, 2.75) is 26.8 Å². The van der Waals surface area contributed by atoms with E-state index in [1.807, 2.05) is 0 Å². The standard InChI is InChI=1S/C12H18N4S/c1-8(2)13-4-5-14-12-11-10(15-7-16-12)9(3)6-17-11/h6-8,13H,4-5H2,1-3H3,(H,14,15,16). The van der Waals surface area contributed by atoms with Crippen LogP contribution in [0, 0.1) is 6.92 Å². The summed E-state index contributed by atoms with van der Waals surface area (Å²) < 4.78 is 1.15. The molecule has 0 atom stereocenters. The van der Waals surface area contributed by atoms with Gasteiger partial charge in [0, 0.05) is 19.1 Å². The Kier molecular flexibility index (Phi) is 3.91. The average molecular weight is 250 g/mol. The van der Waals surface area contributed by atoms with Gasteiger partial charge in [0.25, 0.3) is 0 Å². The highest BCUT2D eigenvalue weighted by atomic mass is 32.1. The number of rotatable bonds is 5. The molecule has 0 radical (unpaired) electrons. The largest absolute Gasteiger partial charge is 0.368 e. The number of nitrogens with one attached hydrogen (secondary N) is 2. The fourth-order valence-corrected chi connectivity index (χ4v) is 2.61. The first kappa shape index (κ1) is 12.3. The number of fused-ring (bicyclic) bond motifs is 1. The molecule has 0 amide bonds. The fraction of sp³-hybridized carbons (Fsp3) is 0.500. The van der Waals surface area contributed by atoms with E-state index in [0.29, 0.717) is 6.04 Å². The van der Waals surface area contributed by atoms with Crippen LogP contribution in [0.3, 0.4) is 0 Å². The zero-order valence-electron chi connectivity index (χ0n) is 10.4. The molecule has 5 heteroatoms. The lowest BCUT2D eigenvalue weighted by Crippen LogP contribution is -2.28. The van der Waals surface area contributed by atoms with E-state index in [1.165, 1.54) is 5.56 Å². The van der Waals surface area contributed by atoms with Crippen molar-refractivity contribution in [2.75, 3.05) is 18.4 Å². The van der Waals surface area contributed by atoms with Crippen molar-refractivity contribution >= 4 is 27.4 Å². The van der Waals surface area contributed by atoms with Crippen molar-refractivity contribution in [1.82, 2.24) is 15.3 Å². The highest BCUT2D eigenvalue weighted by Crippen LogP contribution is 2.28. The normalized spacial score (nSPS) is 11.3. The number of nitrogens with zero attached hydrogens (tertiary/aromatic N) is 2. The van der Waals surface area contributed by atoms with E-state index in [9.17, 15) is 0 Å². The predicted octanol–water partition coefficient (Wildman–Crippen LogP) is 2.41. The second kappa shape index (κ2) is 5.42. The van der Waals surface area contributed by atoms with Crippen molar-refractivity contribution in [3.63, 3.8) is 0 Å². The molecule has 0 aliphatic heterocycles. The second-order valence-electron chi connectivity index (χ2n) is 4.35. The van der Waals surface area contributed by atoms with Gasteiger partial charge in [-0.2, -0.15) is 0 Å².